The van der Waals surface area contributed by atoms with Crippen molar-refractivity contribution >= 4 is 40.8 Å². The van der Waals surface area contributed by atoms with Gasteiger partial charge in [-0.3, -0.25) is 24.0 Å². The third-order valence-electron chi connectivity index (χ3n) is 7.00. The number of aliphatic hydroxyl groups excluding tert-OH is 2. The Morgan fingerprint density at radius 1 is 0.525 bits per heavy atom. The Balaban J connectivity index is 1.31. The van der Waals surface area contributed by atoms with Gasteiger partial charge in [0, 0.05) is 11.1 Å². The first-order chi connectivity index (χ1) is 19.3. The SMILES string of the molecule is O=C(c1ccc2c(c1)C(=O)N(c1cccc(CO)c1)C2=O)c1ccc2c(c1)C(=O)N(c1cccc(CO)c1)C2=O. The number of imide groups is 2. The molecule has 40 heavy (non-hydrogen) atoms. The van der Waals surface area contributed by atoms with Crippen LogP contribution in [0.1, 0.15) is 68.5 Å². The number of nitrogens with zero attached hydrogens (tertiary/aromatic N) is 2. The largest absolute Gasteiger partial charge is 0.392 e. The van der Waals surface area contributed by atoms with E-state index in [0.29, 0.717) is 22.5 Å². The number of aliphatic hydroxyl groups is 2. The van der Waals surface area contributed by atoms with E-state index in [1.54, 1.807) is 48.5 Å². The van der Waals surface area contributed by atoms with Crippen molar-refractivity contribution in [2.75, 3.05) is 9.80 Å². The van der Waals surface area contributed by atoms with Crippen LogP contribution in [0.15, 0.2) is 84.9 Å². The van der Waals surface area contributed by atoms with E-state index in [1.807, 2.05) is 0 Å². The first-order valence-corrected chi connectivity index (χ1v) is 12.3. The fraction of sp³-hybridized carbons (Fsp3) is 0.0645. The number of hydrogen-bond donors (Lipinski definition) is 2. The van der Waals surface area contributed by atoms with Crippen LogP contribution in [0.3, 0.4) is 0 Å². The molecule has 0 saturated carbocycles. The Morgan fingerprint density at radius 3 is 1.32 bits per heavy atom. The fourth-order valence-electron chi connectivity index (χ4n) is 4.99. The standard InChI is InChI=1S/C31H20N2O7/c34-15-17-3-1-5-21(11-17)32-28(37)23-9-7-19(13-25(23)30(32)39)27(36)20-8-10-24-26(14-20)31(40)33(29(24)38)22-6-2-4-18(12-22)16-35/h1-14,34-35H,15-16H2. The molecule has 0 fully saturated rings. The van der Waals surface area contributed by atoms with Crippen LogP contribution in [0.4, 0.5) is 11.4 Å². The van der Waals surface area contributed by atoms with E-state index in [1.165, 1.54) is 36.4 Å². The lowest BCUT2D eigenvalue weighted by molar-refractivity contribution is 0.0910. The molecule has 4 amide bonds. The van der Waals surface area contributed by atoms with Crippen molar-refractivity contribution in [3.63, 3.8) is 0 Å². The van der Waals surface area contributed by atoms with Crippen LogP contribution in [-0.4, -0.2) is 39.6 Å². The summed E-state index contributed by atoms with van der Waals surface area (Å²) in [5, 5.41) is 18.8. The van der Waals surface area contributed by atoms with E-state index in [4.69, 9.17) is 0 Å². The number of ketones is 1. The normalized spacial score (nSPS) is 14.2. The summed E-state index contributed by atoms with van der Waals surface area (Å²) in [7, 11) is 0. The van der Waals surface area contributed by atoms with Crippen molar-refractivity contribution in [2.24, 2.45) is 0 Å². The Bertz CT molecular complexity index is 1660. The summed E-state index contributed by atoms with van der Waals surface area (Å²) >= 11 is 0. The quantitative estimate of drug-likeness (QED) is 0.287. The molecule has 9 nitrogen and oxygen atoms in total. The Kier molecular flexibility index (Phi) is 5.95. The lowest BCUT2D eigenvalue weighted by Crippen LogP contribution is -2.29. The summed E-state index contributed by atoms with van der Waals surface area (Å²) in [6, 6.07) is 21.2. The van der Waals surface area contributed by atoms with E-state index in [2.05, 4.69) is 0 Å². The van der Waals surface area contributed by atoms with Crippen molar-refractivity contribution in [1.29, 1.82) is 0 Å². The lowest BCUT2D eigenvalue weighted by Gasteiger charge is -2.14. The number of fused-ring (bicyclic) bond motifs is 2. The summed E-state index contributed by atoms with van der Waals surface area (Å²) < 4.78 is 0. The molecule has 2 N–H and O–H groups in total. The van der Waals surface area contributed by atoms with Gasteiger partial charge < -0.3 is 10.2 Å². The predicted octanol–water partition coefficient (Wildman–Crippen LogP) is 3.50. The van der Waals surface area contributed by atoms with E-state index >= 15 is 0 Å². The van der Waals surface area contributed by atoms with Crippen LogP contribution >= 0.6 is 0 Å². The number of amides is 4. The van der Waals surface area contributed by atoms with Gasteiger partial charge in [-0.05, 0) is 59.7 Å². The van der Waals surface area contributed by atoms with Gasteiger partial charge in [0.15, 0.2) is 5.78 Å². The number of carbonyl (C=O) groups is 5. The van der Waals surface area contributed by atoms with Crippen molar-refractivity contribution in [1.82, 2.24) is 0 Å². The maximum atomic E-state index is 13.4. The average molecular weight is 533 g/mol. The smallest absolute Gasteiger partial charge is 0.266 e. The number of benzene rings is 4. The molecule has 2 aliphatic heterocycles. The van der Waals surface area contributed by atoms with Crippen LogP contribution in [0.25, 0.3) is 0 Å². The molecule has 9 heteroatoms. The molecule has 4 aromatic rings. The highest BCUT2D eigenvalue weighted by atomic mass is 16.3. The second-order valence-electron chi connectivity index (χ2n) is 9.40. The maximum Gasteiger partial charge on any atom is 0.266 e. The van der Waals surface area contributed by atoms with E-state index in [0.717, 1.165) is 9.80 Å². The zero-order valence-corrected chi connectivity index (χ0v) is 20.8. The molecular formula is C31H20N2O7. The second-order valence-corrected chi connectivity index (χ2v) is 9.40. The molecule has 0 saturated heterocycles. The van der Waals surface area contributed by atoms with Gasteiger partial charge in [-0.2, -0.15) is 0 Å². The number of rotatable bonds is 6. The highest BCUT2D eigenvalue weighted by molar-refractivity contribution is 6.36. The molecular weight excluding hydrogens is 512 g/mol. The minimum absolute atomic E-state index is 0.0626. The van der Waals surface area contributed by atoms with Gasteiger partial charge in [-0.1, -0.05) is 36.4 Å². The minimum atomic E-state index is -0.597. The predicted molar refractivity (Wildman–Crippen MR) is 143 cm³/mol. The lowest BCUT2D eigenvalue weighted by atomic mass is 9.96. The summed E-state index contributed by atoms with van der Waals surface area (Å²) in [6.07, 6.45) is 0. The van der Waals surface area contributed by atoms with Crippen molar-refractivity contribution in [2.45, 2.75) is 13.2 Å². The minimum Gasteiger partial charge on any atom is -0.392 e. The first kappa shape index (κ1) is 25.1. The monoisotopic (exact) mass is 532 g/mol. The molecule has 0 spiro atoms. The Labute approximate surface area is 227 Å². The molecule has 0 aromatic heterocycles. The number of anilines is 2. The molecule has 2 heterocycles. The average Bonchev–Trinajstić information content (AvgIpc) is 3.39. The zero-order valence-electron chi connectivity index (χ0n) is 20.8. The van der Waals surface area contributed by atoms with Gasteiger partial charge in [0.2, 0.25) is 0 Å². The zero-order chi connectivity index (χ0) is 28.1. The van der Waals surface area contributed by atoms with Gasteiger partial charge in [-0.15, -0.1) is 0 Å². The number of carbonyl (C=O) groups excluding carboxylic acids is 5. The first-order valence-electron chi connectivity index (χ1n) is 12.3. The highest BCUT2D eigenvalue weighted by Gasteiger charge is 2.39. The van der Waals surface area contributed by atoms with E-state index in [9.17, 15) is 34.2 Å². The highest BCUT2D eigenvalue weighted by Crippen LogP contribution is 2.32. The summed E-state index contributed by atoms with van der Waals surface area (Å²) in [5.41, 5.74) is 2.37. The molecule has 0 bridgehead atoms. The van der Waals surface area contributed by atoms with Crippen molar-refractivity contribution < 1.29 is 34.2 Å². The molecule has 0 unspecified atom stereocenters. The summed E-state index contributed by atoms with van der Waals surface area (Å²) in [5.74, 6) is -2.77. The van der Waals surface area contributed by atoms with Gasteiger partial charge in [-0.25, -0.2) is 9.80 Å². The topological polar surface area (TPSA) is 132 Å². The van der Waals surface area contributed by atoms with E-state index in [-0.39, 0.29) is 46.6 Å². The third-order valence-corrected chi connectivity index (χ3v) is 7.00. The summed E-state index contributed by atoms with van der Waals surface area (Å²) in [4.78, 5) is 67.8. The van der Waals surface area contributed by atoms with Crippen LogP contribution in [0, 0.1) is 0 Å². The van der Waals surface area contributed by atoms with Crippen LogP contribution in [-0.2, 0) is 13.2 Å². The van der Waals surface area contributed by atoms with Gasteiger partial charge in [0.1, 0.15) is 0 Å². The Hall–Kier alpha value is -5.25. The Morgan fingerprint density at radius 2 is 0.925 bits per heavy atom. The molecule has 0 atom stereocenters. The van der Waals surface area contributed by atoms with Crippen molar-refractivity contribution in [3.05, 3.63) is 129 Å². The fourth-order valence-corrected chi connectivity index (χ4v) is 4.99. The summed E-state index contributed by atoms with van der Waals surface area (Å²) in [6.45, 7) is -0.505. The number of hydrogen-bond acceptors (Lipinski definition) is 7. The van der Waals surface area contributed by atoms with Crippen LogP contribution in [0.2, 0.25) is 0 Å². The second kappa shape index (κ2) is 9.49. The molecule has 2 aliphatic rings. The van der Waals surface area contributed by atoms with Crippen LogP contribution < -0.4 is 9.80 Å². The molecule has 4 aromatic carbocycles. The molecule has 0 radical (unpaired) electrons. The van der Waals surface area contributed by atoms with Gasteiger partial charge >= 0.3 is 0 Å². The van der Waals surface area contributed by atoms with E-state index < -0.39 is 29.4 Å². The maximum absolute atomic E-state index is 13.4. The van der Waals surface area contributed by atoms with Crippen molar-refractivity contribution in [3.8, 4) is 0 Å². The van der Waals surface area contributed by atoms with Gasteiger partial charge in [0.05, 0.1) is 46.8 Å². The van der Waals surface area contributed by atoms with Crippen LogP contribution in [0.5, 0.6) is 0 Å². The molecule has 196 valence electrons. The molecule has 6 rings (SSSR count). The third kappa shape index (κ3) is 3.84. The molecule has 0 aliphatic carbocycles. The van der Waals surface area contributed by atoms with Gasteiger partial charge in [0.25, 0.3) is 23.6 Å².